The number of aryl methyl sites for hydroxylation is 1. The van der Waals surface area contributed by atoms with Crippen LogP contribution in [0.15, 0.2) is 60.9 Å². The van der Waals surface area contributed by atoms with Crippen molar-refractivity contribution in [3.63, 3.8) is 0 Å². The molecule has 3 rings (SSSR count). The summed E-state index contributed by atoms with van der Waals surface area (Å²) < 4.78 is 19.8. The zero-order valence-corrected chi connectivity index (χ0v) is 25.1. The van der Waals surface area contributed by atoms with Gasteiger partial charge in [0.1, 0.15) is 18.5 Å². The molecule has 0 radical (unpaired) electrons. The average molecular weight is 547 g/mol. The van der Waals surface area contributed by atoms with Gasteiger partial charge in [0.15, 0.2) is 5.82 Å². The first kappa shape index (κ1) is 31.8. The van der Waals surface area contributed by atoms with E-state index in [1.807, 2.05) is 36.7 Å². The van der Waals surface area contributed by atoms with Gasteiger partial charge in [-0.15, -0.1) is 0 Å². The number of hydrogen-bond donors (Lipinski definition) is 0. The second kappa shape index (κ2) is 19.3. The molecule has 0 saturated heterocycles. The first-order valence-electron chi connectivity index (χ1n) is 16.0. The molecule has 3 nitrogen and oxygen atoms in total. The number of nitrogens with zero attached hydrogens (tertiary/aromatic N) is 2. The van der Waals surface area contributed by atoms with Gasteiger partial charge in [-0.2, -0.15) is 0 Å². The lowest BCUT2D eigenvalue weighted by atomic mass is 10.0. The Morgan fingerprint density at radius 1 is 0.600 bits per heavy atom. The van der Waals surface area contributed by atoms with Crippen LogP contribution in [-0.2, 0) is 6.42 Å². The molecule has 1 atom stereocenters. The highest BCUT2D eigenvalue weighted by Crippen LogP contribution is 2.24. The first-order valence-corrected chi connectivity index (χ1v) is 16.0. The lowest BCUT2D eigenvalue weighted by molar-refractivity contribution is 0.184. The van der Waals surface area contributed by atoms with E-state index in [0.717, 1.165) is 36.0 Å². The molecule has 0 aliphatic carbocycles. The van der Waals surface area contributed by atoms with Gasteiger partial charge in [0.05, 0.1) is 0 Å². The van der Waals surface area contributed by atoms with Gasteiger partial charge in [0.25, 0.3) is 0 Å². The summed E-state index contributed by atoms with van der Waals surface area (Å²) in [6.07, 6.45) is 22.5. The van der Waals surface area contributed by atoms with E-state index in [2.05, 4.69) is 48.1 Å². The second-order valence-electron chi connectivity index (χ2n) is 11.2. The summed E-state index contributed by atoms with van der Waals surface area (Å²) in [6.45, 7) is 4.57. The fourth-order valence-corrected chi connectivity index (χ4v) is 5.07. The van der Waals surface area contributed by atoms with Gasteiger partial charge in [0.2, 0.25) is 0 Å². The van der Waals surface area contributed by atoms with Gasteiger partial charge in [-0.05, 0) is 54.7 Å². The zero-order chi connectivity index (χ0) is 28.3. The molecule has 40 heavy (non-hydrogen) atoms. The van der Waals surface area contributed by atoms with Gasteiger partial charge < -0.3 is 4.74 Å². The van der Waals surface area contributed by atoms with E-state index >= 15 is 0 Å². The first-order chi connectivity index (χ1) is 19.7. The Balaban J connectivity index is 1.38. The Hall–Kier alpha value is -2.75. The molecule has 1 heterocycles. The van der Waals surface area contributed by atoms with Crippen LogP contribution in [0.25, 0.3) is 22.5 Å². The molecular weight excluding hydrogens is 495 g/mol. The van der Waals surface area contributed by atoms with Crippen molar-refractivity contribution in [2.45, 2.75) is 123 Å². The highest BCUT2D eigenvalue weighted by atomic mass is 19.1. The molecule has 0 saturated carbocycles. The van der Waals surface area contributed by atoms with Crippen LogP contribution in [0.3, 0.4) is 0 Å². The molecule has 4 heteroatoms. The molecule has 0 bridgehead atoms. The summed E-state index contributed by atoms with van der Waals surface area (Å²) in [5.74, 6) is 1.35. The van der Waals surface area contributed by atoms with Crippen LogP contribution in [0.1, 0.15) is 116 Å². The Bertz CT molecular complexity index is 1030. The van der Waals surface area contributed by atoms with Crippen LogP contribution in [0, 0.1) is 0 Å². The second-order valence-corrected chi connectivity index (χ2v) is 11.2. The number of ether oxygens (including phenoxy) is 1. The summed E-state index contributed by atoms with van der Waals surface area (Å²) in [7, 11) is 0. The molecule has 0 spiro atoms. The topological polar surface area (TPSA) is 35.0 Å². The SMILES string of the molecule is CCCCCCCCCCCc1ccc(-c2cnc(-c3ccc(OCC(F)CCCCCCC)cc3)nc2)cc1. The third kappa shape index (κ3) is 12.2. The zero-order valence-electron chi connectivity index (χ0n) is 25.1. The molecule has 1 unspecified atom stereocenters. The summed E-state index contributed by atoms with van der Waals surface area (Å²) >= 11 is 0. The lowest BCUT2D eigenvalue weighted by Crippen LogP contribution is -2.12. The van der Waals surface area contributed by atoms with Crippen molar-refractivity contribution in [3.05, 3.63) is 66.5 Å². The van der Waals surface area contributed by atoms with Crippen molar-refractivity contribution < 1.29 is 9.13 Å². The van der Waals surface area contributed by atoms with Gasteiger partial charge in [-0.25, -0.2) is 14.4 Å². The van der Waals surface area contributed by atoms with E-state index in [1.165, 1.54) is 82.6 Å². The molecule has 0 N–H and O–H groups in total. The lowest BCUT2D eigenvalue weighted by Gasteiger charge is -2.11. The van der Waals surface area contributed by atoms with E-state index in [4.69, 9.17) is 4.74 Å². The minimum atomic E-state index is -0.916. The Kier molecular flexibility index (Phi) is 15.4. The van der Waals surface area contributed by atoms with Crippen LogP contribution in [0.5, 0.6) is 5.75 Å². The number of aromatic nitrogens is 2. The number of alkyl halides is 1. The fraction of sp³-hybridized carbons (Fsp3) is 0.556. The highest BCUT2D eigenvalue weighted by molar-refractivity contribution is 5.64. The van der Waals surface area contributed by atoms with Crippen LogP contribution < -0.4 is 4.74 Å². The summed E-state index contributed by atoms with van der Waals surface area (Å²) in [5, 5.41) is 0. The molecule has 0 amide bonds. The largest absolute Gasteiger partial charge is 0.491 e. The predicted octanol–water partition coefficient (Wildman–Crippen LogP) is 11.0. The molecule has 3 aromatic rings. The molecule has 2 aromatic carbocycles. The summed E-state index contributed by atoms with van der Waals surface area (Å²) in [6, 6.07) is 16.4. The van der Waals surface area contributed by atoms with E-state index in [9.17, 15) is 4.39 Å². The monoisotopic (exact) mass is 546 g/mol. The van der Waals surface area contributed by atoms with Gasteiger partial charge >= 0.3 is 0 Å². The van der Waals surface area contributed by atoms with Crippen LogP contribution in [0.4, 0.5) is 4.39 Å². The number of hydrogen-bond acceptors (Lipinski definition) is 3. The van der Waals surface area contributed by atoms with E-state index in [0.29, 0.717) is 18.0 Å². The highest BCUT2D eigenvalue weighted by Gasteiger charge is 2.09. The third-order valence-electron chi connectivity index (χ3n) is 7.67. The summed E-state index contributed by atoms with van der Waals surface area (Å²) in [4.78, 5) is 9.19. The Morgan fingerprint density at radius 2 is 1.12 bits per heavy atom. The van der Waals surface area contributed by atoms with Crippen molar-refractivity contribution >= 4 is 0 Å². The van der Waals surface area contributed by atoms with Crippen molar-refractivity contribution in [1.29, 1.82) is 0 Å². The quantitative estimate of drug-likeness (QED) is 0.125. The molecule has 0 fully saturated rings. The standard InChI is InChI=1S/C36H51FN2O/c1-3-5-7-9-10-11-12-14-15-17-30-19-21-31(22-20-30)33-27-38-36(39-28-33)32-23-25-35(26-24-32)40-29-34(37)18-16-13-8-6-4-2/h19-28,34H,3-18,29H2,1-2H3. The molecular formula is C36H51FN2O. The number of halogens is 1. The minimum Gasteiger partial charge on any atom is -0.491 e. The van der Waals surface area contributed by atoms with Gasteiger partial charge in [-0.3, -0.25) is 0 Å². The average Bonchev–Trinajstić information content (AvgIpc) is 3.00. The third-order valence-corrected chi connectivity index (χ3v) is 7.67. The van der Waals surface area contributed by atoms with Crippen LogP contribution in [0.2, 0.25) is 0 Å². The number of unbranched alkanes of at least 4 members (excludes halogenated alkanes) is 12. The molecule has 0 aliphatic heterocycles. The maximum absolute atomic E-state index is 14.1. The van der Waals surface area contributed by atoms with Crippen LogP contribution in [-0.4, -0.2) is 22.7 Å². The number of benzene rings is 2. The van der Waals surface area contributed by atoms with E-state index in [1.54, 1.807) is 0 Å². The molecule has 1 aromatic heterocycles. The normalized spacial score (nSPS) is 12.0. The van der Waals surface area contributed by atoms with Gasteiger partial charge in [-0.1, -0.05) is 122 Å². The van der Waals surface area contributed by atoms with Crippen molar-refractivity contribution in [1.82, 2.24) is 9.97 Å². The maximum atomic E-state index is 14.1. The Morgan fingerprint density at radius 3 is 1.73 bits per heavy atom. The minimum absolute atomic E-state index is 0.107. The van der Waals surface area contributed by atoms with E-state index in [-0.39, 0.29) is 6.61 Å². The van der Waals surface area contributed by atoms with Crippen molar-refractivity contribution in [2.24, 2.45) is 0 Å². The predicted molar refractivity (Wildman–Crippen MR) is 168 cm³/mol. The summed E-state index contributed by atoms with van der Waals surface area (Å²) in [5.41, 5.74) is 4.47. The fourth-order valence-electron chi connectivity index (χ4n) is 5.07. The molecule has 218 valence electrons. The van der Waals surface area contributed by atoms with E-state index < -0.39 is 6.17 Å². The maximum Gasteiger partial charge on any atom is 0.159 e. The van der Waals surface area contributed by atoms with Crippen LogP contribution >= 0.6 is 0 Å². The molecule has 0 aliphatic rings. The van der Waals surface area contributed by atoms with Crippen molar-refractivity contribution in [3.8, 4) is 28.3 Å². The smallest absolute Gasteiger partial charge is 0.159 e. The van der Waals surface area contributed by atoms with Gasteiger partial charge in [0, 0.05) is 23.5 Å². The van der Waals surface area contributed by atoms with Crippen molar-refractivity contribution in [2.75, 3.05) is 6.61 Å². The number of rotatable bonds is 21. The Labute approximate surface area is 243 Å².